The summed E-state index contributed by atoms with van der Waals surface area (Å²) >= 11 is 12.0. The molecule has 2 heterocycles. The molecule has 1 aromatic carbocycles. The van der Waals surface area contributed by atoms with Gasteiger partial charge in [0.1, 0.15) is 11.5 Å². The van der Waals surface area contributed by atoms with Gasteiger partial charge < -0.3 is 4.42 Å². The first kappa shape index (κ1) is 17.2. The molecule has 1 N–H and O–H groups in total. The molecule has 0 atom stereocenters. The van der Waals surface area contributed by atoms with Gasteiger partial charge in [-0.25, -0.2) is 0 Å². The topological polar surface area (TPSA) is 85.8 Å². The molecule has 0 spiro atoms. The summed E-state index contributed by atoms with van der Waals surface area (Å²) in [6.45, 7) is 2.44. The first-order valence-corrected chi connectivity index (χ1v) is 8.12. The van der Waals surface area contributed by atoms with Gasteiger partial charge in [0, 0.05) is 21.7 Å². The van der Waals surface area contributed by atoms with Crippen molar-refractivity contribution in [2.45, 2.75) is 13.5 Å². The minimum atomic E-state index is -0.389. The average molecular weight is 378 g/mol. The van der Waals surface area contributed by atoms with Crippen LogP contribution >= 0.6 is 23.2 Å². The molecule has 0 aliphatic rings. The van der Waals surface area contributed by atoms with E-state index in [9.17, 15) is 4.79 Å². The second-order valence-electron chi connectivity index (χ2n) is 4.98. The zero-order valence-electron chi connectivity index (χ0n) is 13.1. The van der Waals surface area contributed by atoms with Gasteiger partial charge in [0.2, 0.25) is 0 Å². The third-order valence-corrected chi connectivity index (χ3v) is 3.58. The zero-order chi connectivity index (χ0) is 17.8. The van der Waals surface area contributed by atoms with E-state index in [0.29, 0.717) is 28.1 Å². The Morgan fingerprint density at radius 1 is 1.28 bits per heavy atom. The van der Waals surface area contributed by atoms with E-state index in [1.807, 2.05) is 6.92 Å². The van der Waals surface area contributed by atoms with Crippen LogP contribution in [0.25, 0.3) is 17.4 Å². The molecule has 128 valence electrons. The summed E-state index contributed by atoms with van der Waals surface area (Å²) in [6.07, 6.45) is 2.86. The van der Waals surface area contributed by atoms with Gasteiger partial charge in [-0.05, 0) is 48.5 Å². The Kier molecular flexibility index (Phi) is 5.16. The molecule has 0 aliphatic heterocycles. The van der Waals surface area contributed by atoms with Crippen molar-refractivity contribution in [3.05, 3.63) is 52.2 Å². The number of rotatable bonds is 5. The van der Waals surface area contributed by atoms with Crippen molar-refractivity contribution >= 4 is 41.1 Å². The summed E-state index contributed by atoms with van der Waals surface area (Å²) in [6, 6.07) is 8.64. The number of nitrogens with one attached hydrogen (secondary N) is 1. The summed E-state index contributed by atoms with van der Waals surface area (Å²) < 4.78 is 5.67. The van der Waals surface area contributed by atoms with Gasteiger partial charge in [0.05, 0.1) is 6.54 Å². The molecule has 0 fully saturated rings. The largest absolute Gasteiger partial charge is 0.457 e. The monoisotopic (exact) mass is 377 g/mol. The molecular weight excluding hydrogens is 365 g/mol. The lowest BCUT2D eigenvalue weighted by Gasteiger charge is -1.99. The number of halogens is 2. The first-order chi connectivity index (χ1) is 12.0. The van der Waals surface area contributed by atoms with Gasteiger partial charge in [-0.15, -0.1) is 5.10 Å². The van der Waals surface area contributed by atoms with Crippen molar-refractivity contribution in [3.63, 3.8) is 0 Å². The molecule has 1 amide bonds. The van der Waals surface area contributed by atoms with Gasteiger partial charge in [-0.3, -0.25) is 10.1 Å². The summed E-state index contributed by atoms with van der Waals surface area (Å²) in [7, 11) is 0. The van der Waals surface area contributed by atoms with Crippen molar-refractivity contribution < 1.29 is 9.21 Å². The summed E-state index contributed by atoms with van der Waals surface area (Å²) in [4.78, 5) is 13.2. The van der Waals surface area contributed by atoms with E-state index in [2.05, 4.69) is 20.7 Å². The number of carbonyl (C=O) groups excluding carboxylic acids is 1. The van der Waals surface area contributed by atoms with Gasteiger partial charge in [-0.1, -0.05) is 28.3 Å². The molecule has 3 aromatic rings. The average Bonchev–Trinajstić information content (AvgIpc) is 3.21. The van der Waals surface area contributed by atoms with Gasteiger partial charge in [-0.2, -0.15) is 4.80 Å². The fourth-order valence-electron chi connectivity index (χ4n) is 2.03. The van der Waals surface area contributed by atoms with Crippen LogP contribution in [0.4, 0.5) is 5.95 Å². The van der Waals surface area contributed by atoms with E-state index in [4.69, 9.17) is 27.6 Å². The van der Waals surface area contributed by atoms with Crippen molar-refractivity contribution in [1.82, 2.24) is 20.2 Å². The highest BCUT2D eigenvalue weighted by atomic mass is 35.5. The number of aryl methyl sites for hydroxylation is 1. The number of anilines is 1. The third kappa shape index (κ3) is 4.46. The Hall–Kier alpha value is -2.64. The molecule has 2 aromatic heterocycles. The van der Waals surface area contributed by atoms with Gasteiger partial charge >= 0.3 is 0 Å². The lowest BCUT2D eigenvalue weighted by molar-refractivity contribution is -0.111. The second kappa shape index (κ2) is 7.50. The van der Waals surface area contributed by atoms with E-state index in [1.54, 1.807) is 30.3 Å². The number of nitrogens with zero attached hydrogens (tertiary/aromatic N) is 4. The van der Waals surface area contributed by atoms with Crippen LogP contribution in [0.15, 0.2) is 40.8 Å². The molecule has 0 saturated heterocycles. The molecule has 0 saturated carbocycles. The standard InChI is InChI=1S/C16H13Cl2N5O2/c1-2-23-21-16(20-22-23)19-15(24)6-4-13-3-5-14(25-13)10-7-11(17)9-12(18)8-10/h3-9H,2H2,1H3,(H,19,21,24)/b6-4+. The van der Waals surface area contributed by atoms with Gasteiger partial charge in [0.15, 0.2) is 0 Å². The van der Waals surface area contributed by atoms with Crippen LogP contribution in [-0.4, -0.2) is 26.1 Å². The van der Waals surface area contributed by atoms with E-state index < -0.39 is 0 Å². The van der Waals surface area contributed by atoms with Crippen LogP contribution in [-0.2, 0) is 11.3 Å². The van der Waals surface area contributed by atoms with Crippen molar-refractivity contribution in [3.8, 4) is 11.3 Å². The van der Waals surface area contributed by atoms with Crippen molar-refractivity contribution in [2.75, 3.05) is 5.32 Å². The normalized spacial score (nSPS) is 11.2. The minimum absolute atomic E-state index is 0.144. The molecule has 9 heteroatoms. The summed E-state index contributed by atoms with van der Waals surface area (Å²) in [5, 5.41) is 15.0. The molecule has 0 unspecified atom stereocenters. The number of carbonyl (C=O) groups is 1. The molecule has 0 bridgehead atoms. The molecule has 3 rings (SSSR count). The minimum Gasteiger partial charge on any atom is -0.457 e. The number of amides is 1. The molecule has 7 nitrogen and oxygen atoms in total. The highest BCUT2D eigenvalue weighted by Gasteiger charge is 2.07. The zero-order valence-corrected chi connectivity index (χ0v) is 14.6. The second-order valence-corrected chi connectivity index (χ2v) is 5.86. The fourth-order valence-corrected chi connectivity index (χ4v) is 2.56. The predicted molar refractivity (Wildman–Crippen MR) is 95.3 cm³/mol. The Labute approximate surface area is 153 Å². The number of benzene rings is 1. The van der Waals surface area contributed by atoms with Crippen molar-refractivity contribution in [2.24, 2.45) is 0 Å². The Balaban J connectivity index is 1.67. The SMILES string of the molecule is CCn1nnc(NC(=O)/C=C/c2ccc(-c3cc(Cl)cc(Cl)c3)o2)n1. The lowest BCUT2D eigenvalue weighted by Crippen LogP contribution is -2.09. The molecule has 0 aliphatic carbocycles. The summed E-state index contributed by atoms with van der Waals surface area (Å²) in [5.41, 5.74) is 0.752. The van der Waals surface area contributed by atoms with E-state index in [-0.39, 0.29) is 11.9 Å². The van der Waals surface area contributed by atoms with Crippen LogP contribution < -0.4 is 5.32 Å². The third-order valence-electron chi connectivity index (χ3n) is 3.14. The van der Waals surface area contributed by atoms with Crippen LogP contribution in [0.1, 0.15) is 12.7 Å². The molecule has 25 heavy (non-hydrogen) atoms. The smallest absolute Gasteiger partial charge is 0.270 e. The maximum Gasteiger partial charge on any atom is 0.270 e. The van der Waals surface area contributed by atoms with Gasteiger partial charge in [0.25, 0.3) is 11.9 Å². The number of hydrogen-bond donors (Lipinski definition) is 1. The molecule has 0 radical (unpaired) electrons. The Morgan fingerprint density at radius 2 is 2.04 bits per heavy atom. The van der Waals surface area contributed by atoms with Crippen LogP contribution in [0.3, 0.4) is 0 Å². The van der Waals surface area contributed by atoms with Crippen LogP contribution in [0, 0.1) is 0 Å². The number of aromatic nitrogens is 4. The Morgan fingerprint density at radius 3 is 2.72 bits per heavy atom. The predicted octanol–water partition coefficient (Wildman–Crippen LogP) is 3.91. The van der Waals surface area contributed by atoms with E-state index in [0.717, 1.165) is 5.56 Å². The van der Waals surface area contributed by atoms with E-state index in [1.165, 1.54) is 16.9 Å². The number of tetrazole rings is 1. The summed E-state index contributed by atoms with van der Waals surface area (Å²) in [5.74, 6) is 0.855. The fraction of sp³-hybridized carbons (Fsp3) is 0.125. The van der Waals surface area contributed by atoms with Crippen LogP contribution in [0.2, 0.25) is 10.0 Å². The maximum absolute atomic E-state index is 11.9. The highest BCUT2D eigenvalue weighted by Crippen LogP contribution is 2.28. The maximum atomic E-state index is 11.9. The van der Waals surface area contributed by atoms with E-state index >= 15 is 0 Å². The number of furan rings is 1. The van der Waals surface area contributed by atoms with Crippen LogP contribution in [0.5, 0.6) is 0 Å². The highest BCUT2D eigenvalue weighted by molar-refractivity contribution is 6.35. The van der Waals surface area contributed by atoms with Crippen molar-refractivity contribution in [1.29, 1.82) is 0 Å². The quantitative estimate of drug-likeness (QED) is 0.681. The Bertz CT molecular complexity index is 912. The number of hydrogen-bond acceptors (Lipinski definition) is 5. The lowest BCUT2D eigenvalue weighted by atomic mass is 10.2. The molecular formula is C16H13Cl2N5O2. The first-order valence-electron chi connectivity index (χ1n) is 7.36.